The third-order valence-electron chi connectivity index (χ3n) is 2.53. The number of hydrogen-bond donors (Lipinski definition) is 0. The van der Waals surface area contributed by atoms with Crippen molar-refractivity contribution in [1.29, 1.82) is 0 Å². The van der Waals surface area contributed by atoms with Gasteiger partial charge in [-0.15, -0.1) is 10.2 Å². The first kappa shape index (κ1) is 8.97. The van der Waals surface area contributed by atoms with E-state index in [9.17, 15) is 0 Å². The molecule has 2 unspecified atom stereocenters. The Hall–Kier alpha value is -0.610. The molecule has 2 heterocycles. The lowest BCUT2D eigenvalue weighted by Gasteiger charge is -2.13. The van der Waals surface area contributed by atoms with E-state index in [4.69, 9.17) is 16.3 Å². The zero-order chi connectivity index (χ0) is 9.26. The van der Waals surface area contributed by atoms with Crippen molar-refractivity contribution in [3.05, 3.63) is 11.6 Å². The summed E-state index contributed by atoms with van der Waals surface area (Å²) in [4.78, 5) is 0. The van der Waals surface area contributed by atoms with E-state index >= 15 is 0 Å². The average Bonchev–Trinajstić information content (AvgIpc) is 2.65. The Morgan fingerprint density at radius 2 is 2.62 bits per heavy atom. The van der Waals surface area contributed by atoms with E-state index in [1.54, 1.807) is 6.33 Å². The fourth-order valence-electron chi connectivity index (χ4n) is 1.63. The molecule has 0 aliphatic carbocycles. The van der Waals surface area contributed by atoms with Crippen LogP contribution in [0.3, 0.4) is 0 Å². The zero-order valence-corrected chi connectivity index (χ0v) is 8.24. The molecule has 4 nitrogen and oxygen atoms in total. The largest absolute Gasteiger partial charge is 0.378 e. The van der Waals surface area contributed by atoms with Crippen LogP contribution >= 0.6 is 11.6 Å². The summed E-state index contributed by atoms with van der Waals surface area (Å²) >= 11 is 5.81. The van der Waals surface area contributed by atoms with Crippen LogP contribution in [0.1, 0.15) is 13.3 Å². The lowest BCUT2D eigenvalue weighted by molar-refractivity contribution is 0.102. The van der Waals surface area contributed by atoms with Crippen molar-refractivity contribution in [3.63, 3.8) is 0 Å². The van der Waals surface area contributed by atoms with Gasteiger partial charge in [0, 0.05) is 19.1 Å². The van der Waals surface area contributed by atoms with Gasteiger partial charge in [0.15, 0.2) is 0 Å². The monoisotopic (exact) mass is 201 g/mol. The van der Waals surface area contributed by atoms with E-state index in [0.29, 0.717) is 17.3 Å². The smallest absolute Gasteiger partial charge is 0.224 e. The molecule has 1 aliphatic heterocycles. The summed E-state index contributed by atoms with van der Waals surface area (Å²) in [5.41, 5.74) is 0. The standard InChI is InChI=1S/C8H12ClN3O/c1-6-7(2-3-13-6)4-12-5-10-11-8(12)9/h5-7H,2-4H2,1H3. The molecule has 0 aromatic carbocycles. The van der Waals surface area contributed by atoms with Crippen molar-refractivity contribution >= 4 is 11.6 Å². The van der Waals surface area contributed by atoms with E-state index < -0.39 is 0 Å². The normalized spacial score (nSPS) is 28.2. The predicted molar refractivity (Wildman–Crippen MR) is 48.6 cm³/mol. The third kappa shape index (κ3) is 1.84. The Morgan fingerprint density at radius 3 is 3.15 bits per heavy atom. The number of aromatic nitrogens is 3. The number of ether oxygens (including phenoxy) is 1. The van der Waals surface area contributed by atoms with Crippen molar-refractivity contribution < 1.29 is 4.74 Å². The van der Waals surface area contributed by atoms with Gasteiger partial charge in [0.2, 0.25) is 5.28 Å². The first-order chi connectivity index (χ1) is 6.27. The van der Waals surface area contributed by atoms with Crippen LogP contribution in [0.4, 0.5) is 0 Å². The summed E-state index contributed by atoms with van der Waals surface area (Å²) in [5.74, 6) is 0.536. The molecule has 5 heteroatoms. The maximum atomic E-state index is 5.81. The Labute approximate surface area is 81.9 Å². The van der Waals surface area contributed by atoms with Crippen LogP contribution in [0.15, 0.2) is 6.33 Å². The van der Waals surface area contributed by atoms with Gasteiger partial charge < -0.3 is 9.30 Å². The summed E-state index contributed by atoms with van der Waals surface area (Å²) in [6, 6.07) is 0. The summed E-state index contributed by atoms with van der Waals surface area (Å²) < 4.78 is 7.32. The fourth-order valence-corrected chi connectivity index (χ4v) is 1.79. The molecule has 2 rings (SSSR count). The number of hydrogen-bond acceptors (Lipinski definition) is 3. The van der Waals surface area contributed by atoms with Crippen LogP contribution in [0, 0.1) is 5.92 Å². The van der Waals surface area contributed by atoms with Crippen molar-refractivity contribution in [2.24, 2.45) is 5.92 Å². The molecule has 1 aromatic rings. The van der Waals surface area contributed by atoms with E-state index in [2.05, 4.69) is 17.1 Å². The molecular formula is C8H12ClN3O. The van der Waals surface area contributed by atoms with Crippen LogP contribution in [0.5, 0.6) is 0 Å². The molecule has 0 bridgehead atoms. The molecule has 72 valence electrons. The molecule has 1 fully saturated rings. The van der Waals surface area contributed by atoms with Gasteiger partial charge in [0.25, 0.3) is 0 Å². The van der Waals surface area contributed by atoms with Gasteiger partial charge in [-0.3, -0.25) is 0 Å². The van der Waals surface area contributed by atoms with E-state index in [-0.39, 0.29) is 0 Å². The average molecular weight is 202 g/mol. The minimum absolute atomic E-state index is 0.318. The summed E-state index contributed by atoms with van der Waals surface area (Å²) in [5, 5.41) is 7.91. The fraction of sp³-hybridized carbons (Fsp3) is 0.750. The molecule has 0 radical (unpaired) electrons. The van der Waals surface area contributed by atoms with Crippen molar-refractivity contribution in [1.82, 2.24) is 14.8 Å². The number of nitrogens with zero attached hydrogens (tertiary/aromatic N) is 3. The lowest BCUT2D eigenvalue weighted by atomic mass is 10.0. The van der Waals surface area contributed by atoms with Gasteiger partial charge in [-0.1, -0.05) is 0 Å². The van der Waals surface area contributed by atoms with Gasteiger partial charge in [-0.2, -0.15) is 0 Å². The highest BCUT2D eigenvalue weighted by Gasteiger charge is 2.24. The highest BCUT2D eigenvalue weighted by atomic mass is 35.5. The maximum Gasteiger partial charge on any atom is 0.224 e. The SMILES string of the molecule is CC1OCCC1Cn1cnnc1Cl. The topological polar surface area (TPSA) is 39.9 Å². The second kappa shape index (κ2) is 3.64. The predicted octanol–water partition coefficient (Wildman–Crippen LogP) is 1.36. The second-order valence-electron chi connectivity index (χ2n) is 3.38. The first-order valence-electron chi connectivity index (χ1n) is 4.42. The number of rotatable bonds is 2. The Balaban J connectivity index is 2.01. The van der Waals surface area contributed by atoms with Crippen molar-refractivity contribution in [3.8, 4) is 0 Å². The lowest BCUT2D eigenvalue weighted by Crippen LogP contribution is -2.17. The quantitative estimate of drug-likeness (QED) is 0.726. The third-order valence-corrected chi connectivity index (χ3v) is 2.83. The van der Waals surface area contributed by atoms with E-state index in [1.807, 2.05) is 4.57 Å². The highest BCUT2D eigenvalue weighted by molar-refractivity contribution is 6.28. The summed E-state index contributed by atoms with van der Waals surface area (Å²) in [6.07, 6.45) is 3.07. The highest BCUT2D eigenvalue weighted by Crippen LogP contribution is 2.22. The second-order valence-corrected chi connectivity index (χ2v) is 3.72. The Bertz CT molecular complexity index is 289. The molecule has 2 atom stereocenters. The van der Waals surface area contributed by atoms with Crippen LogP contribution in [-0.4, -0.2) is 27.5 Å². The molecule has 0 N–H and O–H groups in total. The van der Waals surface area contributed by atoms with Gasteiger partial charge in [-0.05, 0) is 24.9 Å². The van der Waals surface area contributed by atoms with Crippen molar-refractivity contribution in [2.75, 3.05) is 6.61 Å². The minimum Gasteiger partial charge on any atom is -0.378 e. The molecule has 1 aliphatic rings. The Morgan fingerprint density at radius 1 is 1.77 bits per heavy atom. The van der Waals surface area contributed by atoms with Gasteiger partial charge in [-0.25, -0.2) is 0 Å². The van der Waals surface area contributed by atoms with Crippen LogP contribution < -0.4 is 0 Å². The molecule has 1 saturated heterocycles. The minimum atomic E-state index is 0.318. The van der Waals surface area contributed by atoms with Crippen LogP contribution in [0.25, 0.3) is 0 Å². The molecule has 0 saturated carbocycles. The van der Waals surface area contributed by atoms with Crippen LogP contribution in [-0.2, 0) is 11.3 Å². The summed E-state index contributed by atoms with van der Waals surface area (Å²) in [6.45, 7) is 3.80. The first-order valence-corrected chi connectivity index (χ1v) is 4.80. The summed E-state index contributed by atoms with van der Waals surface area (Å²) in [7, 11) is 0. The van der Waals surface area contributed by atoms with Crippen molar-refractivity contribution in [2.45, 2.75) is 26.0 Å². The van der Waals surface area contributed by atoms with Crippen LogP contribution in [0.2, 0.25) is 5.28 Å². The Kier molecular flexibility index (Phi) is 2.51. The molecular weight excluding hydrogens is 190 g/mol. The van der Waals surface area contributed by atoms with Gasteiger partial charge in [0.05, 0.1) is 6.10 Å². The van der Waals surface area contributed by atoms with Gasteiger partial charge >= 0.3 is 0 Å². The van der Waals surface area contributed by atoms with Gasteiger partial charge in [0.1, 0.15) is 6.33 Å². The molecule has 0 spiro atoms. The number of halogens is 1. The molecule has 0 amide bonds. The molecule has 13 heavy (non-hydrogen) atoms. The zero-order valence-electron chi connectivity index (χ0n) is 7.48. The maximum absolute atomic E-state index is 5.81. The van der Waals surface area contributed by atoms with E-state index in [0.717, 1.165) is 19.6 Å². The molecule has 1 aromatic heterocycles. The van der Waals surface area contributed by atoms with E-state index in [1.165, 1.54) is 0 Å².